The number of halogens is 1. The Labute approximate surface area is 37.7 Å². The van der Waals surface area contributed by atoms with Crippen LogP contribution in [-0.4, -0.2) is 10.5 Å². The number of hydrogen-bond acceptors (Lipinski definition) is 1. The van der Waals surface area contributed by atoms with Gasteiger partial charge in [-0.3, -0.25) is 0 Å². The van der Waals surface area contributed by atoms with Crippen molar-refractivity contribution < 1.29 is 9.90 Å². The van der Waals surface area contributed by atoms with Gasteiger partial charge in [0.2, 0.25) is 0 Å². The van der Waals surface area contributed by atoms with Gasteiger partial charge in [-0.2, -0.15) is 0 Å². The van der Waals surface area contributed by atoms with Crippen LogP contribution in [-0.2, 0) is 0 Å². The smallest absolute Gasteiger partial charge is 0.401 e. The quantitative estimate of drug-likeness (QED) is 0.382. The zero-order valence-corrected chi connectivity index (χ0v) is 3.83. The first-order valence-electron chi connectivity index (χ1n) is 0.617. The molecule has 0 spiro atoms. The average molecular weight is 111 g/mol. The van der Waals surface area contributed by atoms with Gasteiger partial charge in [-0.15, -0.1) is 0 Å². The SMILES string of the molecule is O=C(O)Cl.[P]. The van der Waals surface area contributed by atoms with E-state index in [-0.39, 0.29) is 9.90 Å². The fourth-order valence-corrected chi connectivity index (χ4v) is 0. The molecule has 3 radical (unpaired) electrons. The van der Waals surface area contributed by atoms with E-state index in [1.165, 1.54) is 0 Å². The normalized spacial score (nSPS) is 5.00. The minimum Gasteiger partial charge on any atom is -0.469 e. The van der Waals surface area contributed by atoms with Crippen LogP contribution in [0.2, 0.25) is 0 Å². The monoisotopic (exact) mass is 111 g/mol. The molecule has 0 saturated carbocycles. The van der Waals surface area contributed by atoms with E-state index in [9.17, 15) is 0 Å². The second-order valence-corrected chi connectivity index (χ2v) is 0.576. The molecule has 0 aromatic rings. The molecular formula is CHClO2P. The molecule has 29 valence electrons. The molecule has 0 heterocycles. The van der Waals surface area contributed by atoms with E-state index >= 15 is 0 Å². The first-order valence-corrected chi connectivity index (χ1v) is 0.995. The first kappa shape index (κ1) is 8.95. The van der Waals surface area contributed by atoms with Crippen LogP contribution in [0, 0.1) is 0 Å². The van der Waals surface area contributed by atoms with E-state index in [2.05, 4.69) is 11.6 Å². The third kappa shape index (κ3) is 557. The lowest BCUT2D eigenvalue weighted by Gasteiger charge is -1.55. The summed E-state index contributed by atoms with van der Waals surface area (Å²) >= 11 is 4.19. The molecule has 0 aliphatic heterocycles. The van der Waals surface area contributed by atoms with E-state index < -0.39 is 5.43 Å². The molecule has 0 aromatic heterocycles. The van der Waals surface area contributed by atoms with Crippen molar-refractivity contribution in [3.05, 3.63) is 0 Å². The zero-order valence-electron chi connectivity index (χ0n) is 2.18. The summed E-state index contributed by atoms with van der Waals surface area (Å²) in [6, 6.07) is 0. The van der Waals surface area contributed by atoms with Crippen LogP contribution in [0.1, 0.15) is 0 Å². The molecule has 0 aliphatic carbocycles. The fourth-order valence-electron chi connectivity index (χ4n) is 0. The van der Waals surface area contributed by atoms with Gasteiger partial charge in [0.15, 0.2) is 0 Å². The predicted molar refractivity (Wildman–Crippen MR) is 20.8 cm³/mol. The molecule has 0 aliphatic rings. The van der Waals surface area contributed by atoms with Gasteiger partial charge in [-0.05, 0) is 0 Å². The van der Waals surface area contributed by atoms with Crippen LogP contribution in [0.5, 0.6) is 0 Å². The maximum atomic E-state index is 8.77. The van der Waals surface area contributed by atoms with Crippen molar-refractivity contribution in [2.24, 2.45) is 0 Å². The van der Waals surface area contributed by atoms with Crippen molar-refractivity contribution in [1.82, 2.24) is 0 Å². The largest absolute Gasteiger partial charge is 0.469 e. The molecule has 0 unspecified atom stereocenters. The Balaban J connectivity index is 0. The van der Waals surface area contributed by atoms with Gasteiger partial charge in [0.1, 0.15) is 0 Å². The maximum Gasteiger partial charge on any atom is 0.401 e. The highest BCUT2D eigenvalue weighted by Crippen LogP contribution is 1.67. The summed E-state index contributed by atoms with van der Waals surface area (Å²) in [7, 11) is 0. The Morgan fingerprint density at radius 2 is 1.80 bits per heavy atom. The summed E-state index contributed by atoms with van der Waals surface area (Å²) in [5, 5.41) is 7.18. The van der Waals surface area contributed by atoms with Crippen molar-refractivity contribution in [2.75, 3.05) is 0 Å². The Hall–Kier alpha value is 0.190. The van der Waals surface area contributed by atoms with Gasteiger partial charge >= 0.3 is 5.43 Å². The number of hydrogen-bond donors (Lipinski definition) is 1. The molecule has 0 bridgehead atoms. The zero-order chi connectivity index (χ0) is 3.58. The Bertz CT molecular complexity index is 32.6. The lowest BCUT2D eigenvalue weighted by atomic mass is 11.6. The molecule has 5 heavy (non-hydrogen) atoms. The second-order valence-electron chi connectivity index (χ2n) is 0.253. The number of rotatable bonds is 0. The van der Waals surface area contributed by atoms with E-state index in [0.717, 1.165) is 0 Å². The molecule has 0 aromatic carbocycles. The van der Waals surface area contributed by atoms with Crippen molar-refractivity contribution in [1.29, 1.82) is 0 Å². The highest BCUT2D eigenvalue weighted by molar-refractivity contribution is 6.92. The van der Waals surface area contributed by atoms with Crippen LogP contribution >= 0.6 is 21.5 Å². The predicted octanol–water partition coefficient (Wildman–Crippen LogP) is 1.76. The topological polar surface area (TPSA) is 37.3 Å². The Morgan fingerprint density at radius 3 is 1.80 bits per heavy atom. The first-order chi connectivity index (χ1) is 1.73. The lowest BCUT2D eigenvalue weighted by molar-refractivity contribution is 0.220. The van der Waals surface area contributed by atoms with E-state index in [1.54, 1.807) is 0 Å². The minimum atomic E-state index is -1.36. The summed E-state index contributed by atoms with van der Waals surface area (Å²) < 4.78 is 0. The van der Waals surface area contributed by atoms with Gasteiger partial charge in [0.05, 0.1) is 0 Å². The van der Waals surface area contributed by atoms with Crippen LogP contribution in [0.4, 0.5) is 4.79 Å². The molecule has 2 nitrogen and oxygen atoms in total. The molecule has 0 rings (SSSR count). The summed E-state index contributed by atoms with van der Waals surface area (Å²) in [6.45, 7) is 0. The molecule has 0 fully saturated rings. The van der Waals surface area contributed by atoms with Gasteiger partial charge in [-0.1, -0.05) is 0 Å². The van der Waals surface area contributed by atoms with Crippen LogP contribution in [0.25, 0.3) is 0 Å². The molecular weight excluding hydrogens is 110 g/mol. The Morgan fingerprint density at radius 1 is 1.80 bits per heavy atom. The summed E-state index contributed by atoms with van der Waals surface area (Å²) in [5.41, 5.74) is -1.36. The average Bonchev–Trinajstić information content (AvgIpc) is 0.811. The van der Waals surface area contributed by atoms with Gasteiger partial charge in [-0.25, -0.2) is 4.79 Å². The maximum absolute atomic E-state index is 8.77. The highest BCUT2D eigenvalue weighted by Gasteiger charge is 1.71. The standard InChI is InChI=1S/CHClO2.P/c2-1(3)4;/h(H,3,4);. The van der Waals surface area contributed by atoms with Crippen molar-refractivity contribution in [3.63, 3.8) is 0 Å². The van der Waals surface area contributed by atoms with E-state index in [4.69, 9.17) is 9.90 Å². The van der Waals surface area contributed by atoms with E-state index in [1.807, 2.05) is 0 Å². The highest BCUT2D eigenvalue weighted by atomic mass is 35.5. The number of carbonyl (C=O) groups is 1. The van der Waals surface area contributed by atoms with Crippen LogP contribution in [0.15, 0.2) is 0 Å². The third-order valence-corrected chi connectivity index (χ3v) is 0. The molecule has 0 amide bonds. The molecule has 4 heteroatoms. The van der Waals surface area contributed by atoms with Crippen LogP contribution < -0.4 is 0 Å². The lowest BCUT2D eigenvalue weighted by Crippen LogP contribution is -1.66. The second kappa shape index (κ2) is 4.19. The van der Waals surface area contributed by atoms with E-state index in [0.29, 0.717) is 0 Å². The Kier molecular flexibility index (Phi) is 7.50. The van der Waals surface area contributed by atoms with Gasteiger partial charge < -0.3 is 5.11 Å². The van der Waals surface area contributed by atoms with Crippen molar-refractivity contribution in [2.45, 2.75) is 0 Å². The summed E-state index contributed by atoms with van der Waals surface area (Å²) in [5.74, 6) is 0. The van der Waals surface area contributed by atoms with Gasteiger partial charge in [0.25, 0.3) is 0 Å². The molecule has 0 saturated heterocycles. The summed E-state index contributed by atoms with van der Waals surface area (Å²) in [4.78, 5) is 8.77. The van der Waals surface area contributed by atoms with Crippen LogP contribution in [0.3, 0.4) is 0 Å². The van der Waals surface area contributed by atoms with Crippen molar-refractivity contribution >= 4 is 26.9 Å². The molecule has 0 atom stereocenters. The fraction of sp³-hybridized carbons (Fsp3) is 0. The van der Waals surface area contributed by atoms with Gasteiger partial charge in [0, 0.05) is 21.5 Å². The number of carboxylic acid groups (broad SMARTS) is 1. The third-order valence-electron chi connectivity index (χ3n) is 0. The minimum absolute atomic E-state index is 0. The van der Waals surface area contributed by atoms with Crippen molar-refractivity contribution in [3.8, 4) is 0 Å². The summed E-state index contributed by atoms with van der Waals surface area (Å²) in [6.07, 6.45) is 0. The molecule has 1 N–H and O–H groups in total.